The van der Waals surface area contributed by atoms with Gasteiger partial charge >= 0.3 is 0 Å². The van der Waals surface area contributed by atoms with Crippen LogP contribution in [0.1, 0.15) is 22.3 Å². The molecule has 0 heterocycles. The molecule has 1 aliphatic rings. The second-order valence-electron chi connectivity index (χ2n) is 5.79. The van der Waals surface area contributed by atoms with E-state index < -0.39 is 0 Å². The third-order valence-corrected chi connectivity index (χ3v) is 4.33. The number of hydrogen-bond donors (Lipinski definition) is 0. The Bertz CT molecular complexity index is 943. The van der Waals surface area contributed by atoms with Crippen LogP contribution in [0, 0.1) is 11.3 Å². The minimum atomic E-state index is 0.695. The summed E-state index contributed by atoms with van der Waals surface area (Å²) in [6, 6.07) is 27.2. The van der Waals surface area contributed by atoms with Crippen molar-refractivity contribution < 1.29 is 0 Å². The Kier molecular flexibility index (Phi) is 3.29. The topological polar surface area (TPSA) is 23.8 Å². The van der Waals surface area contributed by atoms with Gasteiger partial charge < -0.3 is 0 Å². The Morgan fingerprint density at radius 2 is 1.57 bits per heavy atom. The molecule has 3 aromatic rings. The number of hydrogen-bond acceptors (Lipinski definition) is 1. The summed E-state index contributed by atoms with van der Waals surface area (Å²) in [4.78, 5) is 0. The van der Waals surface area contributed by atoms with Crippen LogP contribution in [-0.4, -0.2) is 0 Å². The standard InChI is InChI=1S/C22H15N/c23-15-20(17-6-2-1-3-7-17)13-16-10-11-22-19(12-16)14-18-8-4-5-9-21(18)22/h1-13H,14H2/b20-13-. The maximum Gasteiger partial charge on any atom is 0.0998 e. The van der Waals surface area contributed by atoms with Gasteiger partial charge in [0, 0.05) is 0 Å². The average Bonchev–Trinajstić information content (AvgIpc) is 2.98. The summed E-state index contributed by atoms with van der Waals surface area (Å²) in [5.74, 6) is 0. The predicted molar refractivity (Wildman–Crippen MR) is 94.6 cm³/mol. The van der Waals surface area contributed by atoms with Crippen molar-refractivity contribution in [2.24, 2.45) is 0 Å². The smallest absolute Gasteiger partial charge is 0.0998 e. The third kappa shape index (κ3) is 2.45. The number of nitrogens with zero attached hydrogens (tertiary/aromatic N) is 1. The first kappa shape index (κ1) is 13.5. The fraction of sp³-hybridized carbons (Fsp3) is 0.0455. The van der Waals surface area contributed by atoms with Gasteiger partial charge in [0.05, 0.1) is 11.6 Å². The maximum atomic E-state index is 9.46. The fourth-order valence-electron chi connectivity index (χ4n) is 3.22. The molecular weight excluding hydrogens is 278 g/mol. The Morgan fingerprint density at radius 3 is 2.39 bits per heavy atom. The molecule has 0 N–H and O–H groups in total. The van der Waals surface area contributed by atoms with Crippen molar-refractivity contribution in [3.8, 4) is 17.2 Å². The van der Waals surface area contributed by atoms with E-state index in [1.165, 1.54) is 22.3 Å². The summed E-state index contributed by atoms with van der Waals surface area (Å²) in [7, 11) is 0. The van der Waals surface area contributed by atoms with Crippen molar-refractivity contribution in [3.05, 3.63) is 95.1 Å². The van der Waals surface area contributed by atoms with Crippen LogP contribution in [0.15, 0.2) is 72.8 Å². The summed E-state index contributed by atoms with van der Waals surface area (Å²) < 4.78 is 0. The maximum absolute atomic E-state index is 9.46. The summed E-state index contributed by atoms with van der Waals surface area (Å²) in [6.45, 7) is 0. The van der Waals surface area contributed by atoms with Gasteiger partial charge in [-0.3, -0.25) is 0 Å². The van der Waals surface area contributed by atoms with Crippen LogP contribution in [0.25, 0.3) is 22.8 Å². The van der Waals surface area contributed by atoms with Gasteiger partial charge in [-0.2, -0.15) is 5.26 Å². The van der Waals surface area contributed by atoms with Crippen LogP contribution in [0.5, 0.6) is 0 Å². The first-order valence-electron chi connectivity index (χ1n) is 7.73. The van der Waals surface area contributed by atoms with E-state index in [9.17, 15) is 5.26 Å². The Labute approximate surface area is 136 Å². The summed E-state index contributed by atoms with van der Waals surface area (Å²) in [5, 5.41) is 9.46. The third-order valence-electron chi connectivity index (χ3n) is 4.33. The molecule has 1 heteroatoms. The van der Waals surface area contributed by atoms with E-state index in [1.54, 1.807) is 0 Å². The van der Waals surface area contributed by atoms with Crippen molar-refractivity contribution in [2.75, 3.05) is 0 Å². The van der Waals surface area contributed by atoms with Crippen LogP contribution in [0.2, 0.25) is 0 Å². The molecule has 0 atom stereocenters. The highest BCUT2D eigenvalue weighted by Crippen LogP contribution is 2.37. The molecule has 0 aromatic heterocycles. The highest BCUT2D eigenvalue weighted by Gasteiger charge is 2.17. The molecule has 0 unspecified atom stereocenters. The monoisotopic (exact) mass is 293 g/mol. The van der Waals surface area contributed by atoms with Crippen LogP contribution in [-0.2, 0) is 6.42 Å². The normalized spacial score (nSPS) is 12.4. The molecule has 3 aromatic carbocycles. The quantitative estimate of drug-likeness (QED) is 0.362. The van der Waals surface area contributed by atoms with Crippen LogP contribution >= 0.6 is 0 Å². The summed E-state index contributed by atoms with van der Waals surface area (Å²) in [6.07, 6.45) is 2.94. The molecule has 0 saturated carbocycles. The molecule has 108 valence electrons. The molecule has 0 radical (unpaired) electrons. The molecule has 23 heavy (non-hydrogen) atoms. The molecule has 4 rings (SSSR count). The molecule has 0 amide bonds. The lowest BCUT2D eigenvalue weighted by Crippen LogP contribution is -1.84. The first-order chi connectivity index (χ1) is 11.3. The molecule has 0 saturated heterocycles. The van der Waals surface area contributed by atoms with E-state index in [-0.39, 0.29) is 0 Å². The van der Waals surface area contributed by atoms with Gasteiger partial charge in [0.15, 0.2) is 0 Å². The van der Waals surface area contributed by atoms with E-state index >= 15 is 0 Å². The molecule has 0 fully saturated rings. The number of rotatable bonds is 2. The SMILES string of the molecule is N#C/C(=C/c1ccc2c(c1)Cc1ccccc1-2)c1ccccc1. The minimum absolute atomic E-state index is 0.695. The zero-order valence-corrected chi connectivity index (χ0v) is 12.7. The molecular formula is C22H15N. The van der Waals surface area contributed by atoms with Gasteiger partial charge in [-0.05, 0) is 45.9 Å². The number of nitriles is 1. The van der Waals surface area contributed by atoms with Crippen molar-refractivity contribution >= 4 is 11.6 Å². The van der Waals surface area contributed by atoms with E-state index in [4.69, 9.17) is 0 Å². The van der Waals surface area contributed by atoms with E-state index in [0.717, 1.165) is 17.5 Å². The Hall–Kier alpha value is -3.11. The molecule has 0 aliphatic heterocycles. The molecule has 1 aliphatic carbocycles. The van der Waals surface area contributed by atoms with E-state index in [0.29, 0.717) is 5.57 Å². The zero-order valence-electron chi connectivity index (χ0n) is 12.7. The number of fused-ring (bicyclic) bond motifs is 3. The minimum Gasteiger partial charge on any atom is -0.192 e. The van der Waals surface area contributed by atoms with Crippen molar-refractivity contribution in [3.63, 3.8) is 0 Å². The summed E-state index contributed by atoms with van der Waals surface area (Å²) >= 11 is 0. The van der Waals surface area contributed by atoms with Crippen molar-refractivity contribution in [1.82, 2.24) is 0 Å². The predicted octanol–water partition coefficient (Wildman–Crippen LogP) is 5.32. The first-order valence-corrected chi connectivity index (χ1v) is 7.73. The Morgan fingerprint density at radius 1 is 0.826 bits per heavy atom. The molecule has 1 nitrogen and oxygen atoms in total. The van der Waals surface area contributed by atoms with Gasteiger partial charge in [-0.25, -0.2) is 0 Å². The fourth-order valence-corrected chi connectivity index (χ4v) is 3.22. The van der Waals surface area contributed by atoms with Crippen LogP contribution in [0.4, 0.5) is 0 Å². The van der Waals surface area contributed by atoms with Crippen LogP contribution < -0.4 is 0 Å². The van der Waals surface area contributed by atoms with Crippen LogP contribution in [0.3, 0.4) is 0 Å². The average molecular weight is 293 g/mol. The lowest BCUT2D eigenvalue weighted by Gasteiger charge is -2.03. The highest BCUT2D eigenvalue weighted by molar-refractivity contribution is 5.90. The summed E-state index contributed by atoms with van der Waals surface area (Å²) in [5.41, 5.74) is 8.10. The largest absolute Gasteiger partial charge is 0.192 e. The second-order valence-corrected chi connectivity index (χ2v) is 5.79. The van der Waals surface area contributed by atoms with E-state index in [2.05, 4.69) is 48.5 Å². The Balaban J connectivity index is 1.74. The van der Waals surface area contributed by atoms with Crippen molar-refractivity contribution in [2.45, 2.75) is 6.42 Å². The highest BCUT2D eigenvalue weighted by atomic mass is 14.3. The van der Waals surface area contributed by atoms with Gasteiger partial charge in [-0.1, -0.05) is 72.8 Å². The molecule has 0 spiro atoms. The van der Waals surface area contributed by atoms with E-state index in [1.807, 2.05) is 36.4 Å². The van der Waals surface area contributed by atoms with Gasteiger partial charge in [0.25, 0.3) is 0 Å². The number of allylic oxidation sites excluding steroid dienone is 1. The second kappa shape index (κ2) is 5.59. The molecule has 0 bridgehead atoms. The van der Waals surface area contributed by atoms with Gasteiger partial charge in [-0.15, -0.1) is 0 Å². The van der Waals surface area contributed by atoms with Crippen molar-refractivity contribution in [1.29, 1.82) is 5.26 Å². The zero-order chi connectivity index (χ0) is 15.6. The number of benzene rings is 3. The van der Waals surface area contributed by atoms with Gasteiger partial charge in [0.2, 0.25) is 0 Å². The van der Waals surface area contributed by atoms with Gasteiger partial charge in [0.1, 0.15) is 0 Å². The lowest BCUT2D eigenvalue weighted by atomic mass is 10.00. The lowest BCUT2D eigenvalue weighted by molar-refractivity contribution is 1.26.